The zero-order chi connectivity index (χ0) is 25.9. The van der Waals surface area contributed by atoms with Crippen LogP contribution in [-0.4, -0.2) is 64.0 Å². The number of halogens is 1. The van der Waals surface area contributed by atoms with Gasteiger partial charge in [-0.15, -0.1) is 0 Å². The molecule has 2 aromatic heterocycles. The molecule has 0 aliphatic carbocycles. The Balaban J connectivity index is 1.45. The molecule has 1 aliphatic heterocycles. The predicted octanol–water partition coefficient (Wildman–Crippen LogP) is 4.50. The molecule has 2 N–H and O–H groups in total. The number of nitrogens with two attached hydrogens (primary N) is 1. The maximum Gasteiger partial charge on any atom is 0.246 e. The van der Waals surface area contributed by atoms with Gasteiger partial charge in [0.25, 0.3) is 0 Å². The van der Waals surface area contributed by atoms with Gasteiger partial charge in [0.05, 0.1) is 11.4 Å². The lowest BCUT2D eigenvalue weighted by atomic mass is 10.1. The van der Waals surface area contributed by atoms with Crippen molar-refractivity contribution in [3.63, 3.8) is 0 Å². The average molecular weight is 501 g/mol. The van der Waals surface area contributed by atoms with E-state index in [1.54, 1.807) is 39.8 Å². The molecule has 3 heterocycles. The smallest absolute Gasteiger partial charge is 0.246 e. The lowest BCUT2D eigenvalue weighted by molar-refractivity contribution is -0.125. The highest BCUT2D eigenvalue weighted by Gasteiger charge is 2.32. The molecule has 1 atom stereocenters. The van der Waals surface area contributed by atoms with Gasteiger partial charge in [-0.3, -0.25) is 9.36 Å². The molecule has 0 spiro atoms. The second-order valence-corrected chi connectivity index (χ2v) is 9.32. The highest BCUT2D eigenvalue weighted by atomic mass is 19.1. The summed E-state index contributed by atoms with van der Waals surface area (Å²) in [6.07, 6.45) is 5.37. The van der Waals surface area contributed by atoms with Crippen LogP contribution in [0.3, 0.4) is 0 Å². The number of benzene rings is 2. The van der Waals surface area contributed by atoms with Crippen LogP contribution >= 0.6 is 0 Å². The van der Waals surface area contributed by atoms with Crippen molar-refractivity contribution in [2.45, 2.75) is 12.5 Å². The standard InChI is InChI=1S/C28H29FN6O2/c1-33(2)15-6-9-23(36)34-16-14-20(17-34)35-26(29)24(25-27(30)31-18-32-28(25)35)19-10-12-22(13-11-19)37-21-7-4-3-5-8-21/h3-13,18,20H,14-17H2,1-2H3,(H2,30,31,32)/b9-6+/t20-/m1/s1. The van der Waals surface area contributed by atoms with Crippen LogP contribution < -0.4 is 10.5 Å². The third-order valence-electron chi connectivity index (χ3n) is 6.45. The van der Waals surface area contributed by atoms with Crippen molar-refractivity contribution in [2.24, 2.45) is 0 Å². The Kier molecular flexibility index (Phi) is 6.87. The maximum atomic E-state index is 16.2. The van der Waals surface area contributed by atoms with Gasteiger partial charge in [-0.05, 0) is 50.3 Å². The van der Waals surface area contributed by atoms with Crippen molar-refractivity contribution in [2.75, 3.05) is 39.5 Å². The fraction of sp³-hybridized carbons (Fsp3) is 0.250. The van der Waals surface area contributed by atoms with Crippen molar-refractivity contribution >= 4 is 22.8 Å². The summed E-state index contributed by atoms with van der Waals surface area (Å²) in [6, 6.07) is 16.4. The molecular weight excluding hydrogens is 471 g/mol. The molecule has 1 amide bonds. The van der Waals surface area contributed by atoms with Crippen molar-refractivity contribution < 1.29 is 13.9 Å². The summed E-state index contributed by atoms with van der Waals surface area (Å²) in [6.45, 7) is 1.60. The number of carbonyl (C=O) groups excluding carboxylic acids is 1. The number of nitrogens with zero attached hydrogens (tertiary/aromatic N) is 5. The summed E-state index contributed by atoms with van der Waals surface area (Å²) in [5.41, 5.74) is 7.63. The lowest BCUT2D eigenvalue weighted by Gasteiger charge is -2.16. The Morgan fingerprint density at radius 1 is 1.14 bits per heavy atom. The number of hydrogen-bond donors (Lipinski definition) is 1. The molecule has 190 valence electrons. The number of likely N-dealkylation sites (N-methyl/N-ethyl adjacent to an activating group) is 1. The fourth-order valence-electron chi connectivity index (χ4n) is 4.66. The molecule has 8 nitrogen and oxygen atoms in total. The van der Waals surface area contributed by atoms with Crippen LogP contribution in [-0.2, 0) is 4.79 Å². The molecule has 0 unspecified atom stereocenters. The zero-order valence-electron chi connectivity index (χ0n) is 20.8. The number of anilines is 1. The van der Waals surface area contributed by atoms with E-state index < -0.39 is 5.95 Å². The van der Waals surface area contributed by atoms with Crippen LogP contribution in [0.1, 0.15) is 12.5 Å². The topological polar surface area (TPSA) is 89.5 Å². The number of likely N-dealkylation sites (tertiary alicyclic amines) is 1. The molecule has 4 aromatic rings. The molecule has 0 radical (unpaired) electrons. The highest BCUT2D eigenvalue weighted by Crippen LogP contribution is 2.39. The van der Waals surface area contributed by atoms with Crippen molar-refractivity contribution in [1.82, 2.24) is 24.3 Å². The van der Waals surface area contributed by atoms with Crippen LogP contribution in [0.15, 0.2) is 73.1 Å². The van der Waals surface area contributed by atoms with E-state index in [-0.39, 0.29) is 17.8 Å². The molecule has 5 rings (SSSR count). The predicted molar refractivity (Wildman–Crippen MR) is 142 cm³/mol. The van der Waals surface area contributed by atoms with Crippen molar-refractivity contribution in [3.8, 4) is 22.6 Å². The number of amides is 1. The van der Waals surface area contributed by atoms with Gasteiger partial charge in [0.1, 0.15) is 29.3 Å². The van der Waals surface area contributed by atoms with E-state index in [2.05, 4.69) is 9.97 Å². The van der Waals surface area contributed by atoms with Gasteiger partial charge in [-0.25, -0.2) is 9.97 Å². The zero-order valence-corrected chi connectivity index (χ0v) is 20.8. The summed E-state index contributed by atoms with van der Waals surface area (Å²) in [7, 11) is 3.88. The third-order valence-corrected chi connectivity index (χ3v) is 6.45. The van der Waals surface area contributed by atoms with Crippen LogP contribution in [0, 0.1) is 5.95 Å². The van der Waals surface area contributed by atoms with E-state index >= 15 is 4.39 Å². The van der Waals surface area contributed by atoms with E-state index in [0.717, 1.165) is 0 Å². The minimum absolute atomic E-state index is 0.0791. The van der Waals surface area contributed by atoms with Crippen molar-refractivity contribution in [3.05, 3.63) is 79.0 Å². The second kappa shape index (κ2) is 10.4. The number of rotatable bonds is 7. The molecule has 2 aromatic carbocycles. The van der Waals surface area contributed by atoms with Gasteiger partial charge in [-0.1, -0.05) is 36.4 Å². The Labute approximate surface area is 214 Å². The fourth-order valence-corrected chi connectivity index (χ4v) is 4.66. The summed E-state index contributed by atoms with van der Waals surface area (Å²) >= 11 is 0. The highest BCUT2D eigenvalue weighted by molar-refractivity contribution is 6.01. The van der Waals surface area contributed by atoms with Gasteiger partial charge >= 0.3 is 0 Å². The molecule has 1 aliphatic rings. The van der Waals surface area contributed by atoms with E-state index in [4.69, 9.17) is 10.5 Å². The van der Waals surface area contributed by atoms with E-state index in [0.29, 0.717) is 59.7 Å². The Morgan fingerprint density at radius 3 is 2.59 bits per heavy atom. The number of carbonyl (C=O) groups is 1. The molecule has 37 heavy (non-hydrogen) atoms. The largest absolute Gasteiger partial charge is 0.457 e. The van der Waals surface area contributed by atoms with E-state index in [1.165, 1.54) is 6.33 Å². The van der Waals surface area contributed by atoms with Gasteiger partial charge in [0.15, 0.2) is 0 Å². The number of aromatic nitrogens is 3. The summed E-state index contributed by atoms with van der Waals surface area (Å²) < 4.78 is 23.6. The summed E-state index contributed by atoms with van der Waals surface area (Å²) in [4.78, 5) is 24.9. The Morgan fingerprint density at radius 2 is 1.86 bits per heavy atom. The van der Waals surface area contributed by atoms with Crippen LogP contribution in [0.2, 0.25) is 0 Å². The molecular formula is C28H29FN6O2. The number of fused-ring (bicyclic) bond motifs is 1. The first-order valence-corrected chi connectivity index (χ1v) is 12.2. The first-order valence-electron chi connectivity index (χ1n) is 12.2. The maximum absolute atomic E-state index is 16.2. The van der Waals surface area contributed by atoms with Gasteiger partial charge in [0.2, 0.25) is 11.9 Å². The Hall–Kier alpha value is -4.24. The first-order chi connectivity index (χ1) is 17.9. The van der Waals surface area contributed by atoms with Crippen LogP contribution in [0.5, 0.6) is 11.5 Å². The normalized spacial score (nSPS) is 15.8. The second-order valence-electron chi connectivity index (χ2n) is 9.32. The number of hydrogen-bond acceptors (Lipinski definition) is 6. The molecule has 0 bridgehead atoms. The SMILES string of the molecule is CN(C)C/C=C/C(=O)N1CC[C@@H](n2c(F)c(-c3ccc(Oc4ccccc4)cc3)c3c(N)ncnc32)C1. The van der Waals surface area contributed by atoms with Crippen LogP contribution in [0.25, 0.3) is 22.2 Å². The molecule has 1 fully saturated rings. The molecule has 1 saturated heterocycles. The number of ether oxygens (including phenoxy) is 1. The van der Waals surface area contributed by atoms with Gasteiger partial charge in [0, 0.05) is 31.3 Å². The quantitative estimate of drug-likeness (QED) is 0.376. The average Bonchev–Trinajstić information content (AvgIpc) is 3.48. The molecule has 0 saturated carbocycles. The van der Waals surface area contributed by atoms with E-state index in [9.17, 15) is 4.79 Å². The monoisotopic (exact) mass is 500 g/mol. The van der Waals surface area contributed by atoms with Crippen molar-refractivity contribution in [1.29, 1.82) is 0 Å². The Bertz CT molecular complexity index is 1430. The summed E-state index contributed by atoms with van der Waals surface area (Å²) in [5, 5.41) is 0.465. The summed E-state index contributed by atoms with van der Waals surface area (Å²) in [5.74, 6) is 1.04. The van der Waals surface area contributed by atoms with Gasteiger partial charge in [-0.2, -0.15) is 4.39 Å². The number of para-hydroxylation sites is 1. The van der Waals surface area contributed by atoms with Crippen LogP contribution in [0.4, 0.5) is 10.2 Å². The lowest BCUT2D eigenvalue weighted by Crippen LogP contribution is -2.28. The van der Waals surface area contributed by atoms with Gasteiger partial charge < -0.3 is 20.3 Å². The molecule has 9 heteroatoms. The number of nitrogen functional groups attached to an aromatic ring is 1. The minimum atomic E-state index is -0.443. The first kappa shape index (κ1) is 24.5. The minimum Gasteiger partial charge on any atom is -0.457 e. The third kappa shape index (κ3) is 5.03. The van der Waals surface area contributed by atoms with E-state index in [1.807, 2.05) is 55.4 Å².